The SMILES string of the molecule is COC(=O)c1c2cc(OC)ccc2nn1C. The van der Waals surface area contributed by atoms with Gasteiger partial charge >= 0.3 is 5.97 Å². The van der Waals surface area contributed by atoms with Crippen LogP contribution >= 0.6 is 0 Å². The fourth-order valence-electron chi connectivity index (χ4n) is 1.64. The Morgan fingerprint density at radius 1 is 1.38 bits per heavy atom. The molecule has 0 fully saturated rings. The van der Waals surface area contributed by atoms with Crippen LogP contribution in [0.15, 0.2) is 18.2 Å². The van der Waals surface area contributed by atoms with Crippen LogP contribution in [-0.4, -0.2) is 30.0 Å². The molecule has 0 saturated heterocycles. The Morgan fingerprint density at radius 2 is 2.12 bits per heavy atom. The highest BCUT2D eigenvalue weighted by molar-refractivity contribution is 6.02. The molecular formula is C11H12N2O3. The van der Waals surface area contributed by atoms with Crippen LogP contribution in [0.1, 0.15) is 10.5 Å². The Kier molecular flexibility index (Phi) is 2.52. The van der Waals surface area contributed by atoms with E-state index in [0.29, 0.717) is 11.4 Å². The smallest absolute Gasteiger partial charge is 0.356 e. The topological polar surface area (TPSA) is 53.4 Å². The number of fused-ring (bicyclic) bond motifs is 1. The third-order valence-corrected chi connectivity index (χ3v) is 2.42. The number of carbonyl (C=O) groups excluding carboxylic acids is 1. The van der Waals surface area contributed by atoms with E-state index in [0.717, 1.165) is 10.9 Å². The molecule has 0 spiro atoms. The van der Waals surface area contributed by atoms with Crippen molar-refractivity contribution in [3.05, 3.63) is 23.9 Å². The van der Waals surface area contributed by atoms with Crippen molar-refractivity contribution in [1.29, 1.82) is 0 Å². The molecule has 0 unspecified atom stereocenters. The molecule has 0 aliphatic rings. The summed E-state index contributed by atoms with van der Waals surface area (Å²) >= 11 is 0. The Labute approximate surface area is 92.6 Å². The van der Waals surface area contributed by atoms with Crippen LogP contribution in [0, 0.1) is 0 Å². The van der Waals surface area contributed by atoms with E-state index in [4.69, 9.17) is 9.47 Å². The number of hydrogen-bond acceptors (Lipinski definition) is 4. The normalized spacial score (nSPS) is 10.4. The van der Waals surface area contributed by atoms with Crippen LogP contribution in [-0.2, 0) is 11.8 Å². The van der Waals surface area contributed by atoms with Gasteiger partial charge in [-0.15, -0.1) is 0 Å². The van der Waals surface area contributed by atoms with E-state index < -0.39 is 5.97 Å². The number of ether oxygens (including phenoxy) is 2. The molecule has 2 rings (SSSR count). The van der Waals surface area contributed by atoms with E-state index in [1.54, 1.807) is 32.4 Å². The second-order valence-electron chi connectivity index (χ2n) is 3.35. The number of aryl methyl sites for hydroxylation is 1. The molecule has 0 N–H and O–H groups in total. The van der Waals surface area contributed by atoms with Gasteiger partial charge in [-0.05, 0) is 18.2 Å². The van der Waals surface area contributed by atoms with Gasteiger partial charge in [0.25, 0.3) is 0 Å². The molecule has 0 radical (unpaired) electrons. The van der Waals surface area contributed by atoms with Crippen molar-refractivity contribution in [3.63, 3.8) is 0 Å². The molecule has 5 nitrogen and oxygen atoms in total. The van der Waals surface area contributed by atoms with Crippen LogP contribution in [0.3, 0.4) is 0 Å². The Bertz CT molecular complexity index is 545. The van der Waals surface area contributed by atoms with Crippen LogP contribution in [0.2, 0.25) is 0 Å². The summed E-state index contributed by atoms with van der Waals surface area (Å²) in [6.45, 7) is 0. The highest BCUT2D eigenvalue weighted by Crippen LogP contribution is 2.23. The summed E-state index contributed by atoms with van der Waals surface area (Å²) < 4.78 is 11.3. The van der Waals surface area contributed by atoms with Gasteiger partial charge in [-0.2, -0.15) is 5.10 Å². The molecule has 0 saturated carbocycles. The van der Waals surface area contributed by atoms with E-state index in [1.807, 2.05) is 0 Å². The summed E-state index contributed by atoms with van der Waals surface area (Å²) in [6, 6.07) is 5.38. The van der Waals surface area contributed by atoms with Crippen LogP contribution in [0.25, 0.3) is 10.9 Å². The second-order valence-corrected chi connectivity index (χ2v) is 3.35. The van der Waals surface area contributed by atoms with E-state index in [2.05, 4.69) is 5.10 Å². The van der Waals surface area contributed by atoms with Crippen LogP contribution < -0.4 is 4.74 Å². The molecular weight excluding hydrogens is 208 g/mol. The largest absolute Gasteiger partial charge is 0.497 e. The highest BCUT2D eigenvalue weighted by atomic mass is 16.5. The molecule has 0 amide bonds. The first kappa shape index (κ1) is 10.5. The molecule has 0 aliphatic carbocycles. The number of esters is 1. The lowest BCUT2D eigenvalue weighted by molar-refractivity contribution is 0.0590. The zero-order valence-electron chi connectivity index (χ0n) is 9.35. The zero-order chi connectivity index (χ0) is 11.7. The van der Waals surface area contributed by atoms with E-state index in [-0.39, 0.29) is 0 Å². The number of benzene rings is 1. The molecule has 0 bridgehead atoms. The van der Waals surface area contributed by atoms with E-state index in [1.165, 1.54) is 11.8 Å². The Morgan fingerprint density at radius 3 is 2.75 bits per heavy atom. The van der Waals surface area contributed by atoms with Crippen LogP contribution in [0.4, 0.5) is 0 Å². The van der Waals surface area contributed by atoms with Crippen molar-refractivity contribution < 1.29 is 14.3 Å². The molecule has 0 aliphatic heterocycles. The maximum Gasteiger partial charge on any atom is 0.356 e. The van der Waals surface area contributed by atoms with Gasteiger partial charge in [0.1, 0.15) is 5.75 Å². The molecule has 5 heteroatoms. The van der Waals surface area contributed by atoms with Gasteiger partial charge in [0.15, 0.2) is 5.69 Å². The van der Waals surface area contributed by atoms with E-state index in [9.17, 15) is 4.79 Å². The Hall–Kier alpha value is -2.04. The first-order valence-corrected chi connectivity index (χ1v) is 4.76. The van der Waals surface area contributed by atoms with Gasteiger partial charge in [-0.25, -0.2) is 4.79 Å². The number of hydrogen-bond donors (Lipinski definition) is 0. The average Bonchev–Trinajstić information content (AvgIpc) is 2.63. The van der Waals surface area contributed by atoms with Crippen LogP contribution in [0.5, 0.6) is 5.75 Å². The monoisotopic (exact) mass is 220 g/mol. The molecule has 1 aromatic heterocycles. The number of carbonyl (C=O) groups is 1. The van der Waals surface area contributed by atoms with E-state index >= 15 is 0 Å². The third kappa shape index (κ3) is 1.50. The summed E-state index contributed by atoms with van der Waals surface area (Å²) in [7, 11) is 4.63. The van der Waals surface area contributed by atoms with Crippen molar-refractivity contribution in [2.24, 2.45) is 7.05 Å². The quantitative estimate of drug-likeness (QED) is 0.717. The number of aromatic nitrogens is 2. The van der Waals surface area contributed by atoms with Gasteiger partial charge in [-0.1, -0.05) is 0 Å². The predicted octanol–water partition coefficient (Wildman–Crippen LogP) is 1.37. The lowest BCUT2D eigenvalue weighted by Crippen LogP contribution is -2.08. The van der Waals surface area contributed by atoms with Gasteiger partial charge in [0.2, 0.25) is 0 Å². The van der Waals surface area contributed by atoms with Gasteiger partial charge in [0.05, 0.1) is 19.7 Å². The summed E-state index contributed by atoms with van der Waals surface area (Å²) in [5.74, 6) is 0.281. The van der Waals surface area contributed by atoms with Crippen molar-refractivity contribution >= 4 is 16.9 Å². The number of nitrogens with zero attached hydrogens (tertiary/aromatic N) is 2. The zero-order valence-corrected chi connectivity index (χ0v) is 9.35. The van der Waals surface area contributed by atoms with Gasteiger partial charge < -0.3 is 9.47 Å². The van der Waals surface area contributed by atoms with Crippen molar-refractivity contribution in [1.82, 2.24) is 9.78 Å². The molecule has 1 aromatic carbocycles. The maximum absolute atomic E-state index is 11.6. The fraction of sp³-hybridized carbons (Fsp3) is 0.273. The standard InChI is InChI=1S/C11H12N2O3/c1-13-10(11(14)16-3)8-6-7(15-2)4-5-9(8)12-13/h4-6H,1-3H3. The summed E-state index contributed by atoms with van der Waals surface area (Å²) in [4.78, 5) is 11.6. The molecule has 0 atom stereocenters. The predicted molar refractivity (Wildman–Crippen MR) is 58.6 cm³/mol. The first-order valence-electron chi connectivity index (χ1n) is 4.76. The molecule has 2 aromatic rings. The summed E-state index contributed by atoms with van der Waals surface area (Å²) in [5.41, 5.74) is 1.17. The minimum absolute atomic E-state index is 0.404. The second kappa shape index (κ2) is 3.84. The van der Waals surface area contributed by atoms with Crippen molar-refractivity contribution in [3.8, 4) is 5.75 Å². The minimum atomic E-state index is -0.404. The van der Waals surface area contributed by atoms with Gasteiger partial charge in [0, 0.05) is 12.4 Å². The summed E-state index contributed by atoms with van der Waals surface area (Å²) in [5, 5.41) is 4.95. The number of rotatable bonds is 2. The highest BCUT2D eigenvalue weighted by Gasteiger charge is 2.17. The number of methoxy groups -OCH3 is 2. The summed E-state index contributed by atoms with van der Waals surface area (Å²) in [6.07, 6.45) is 0. The lowest BCUT2D eigenvalue weighted by atomic mass is 10.2. The molecule has 84 valence electrons. The third-order valence-electron chi connectivity index (χ3n) is 2.42. The first-order chi connectivity index (χ1) is 7.67. The molecule has 1 heterocycles. The van der Waals surface area contributed by atoms with Crippen molar-refractivity contribution in [2.45, 2.75) is 0 Å². The van der Waals surface area contributed by atoms with Crippen molar-refractivity contribution in [2.75, 3.05) is 14.2 Å². The maximum atomic E-state index is 11.6. The lowest BCUT2D eigenvalue weighted by Gasteiger charge is -2.01. The minimum Gasteiger partial charge on any atom is -0.497 e. The molecule has 16 heavy (non-hydrogen) atoms. The fourth-order valence-corrected chi connectivity index (χ4v) is 1.64. The Balaban J connectivity index is 2.70. The van der Waals surface area contributed by atoms with Gasteiger partial charge in [-0.3, -0.25) is 4.68 Å². The average molecular weight is 220 g/mol.